The van der Waals surface area contributed by atoms with E-state index in [4.69, 9.17) is 10.5 Å². The van der Waals surface area contributed by atoms with E-state index < -0.39 is 15.9 Å². The average molecular weight is 334 g/mol. The molecule has 0 atom stereocenters. The Hall–Kier alpha value is -2.54. The smallest absolute Gasteiger partial charge is 0.264 e. The van der Waals surface area contributed by atoms with Crippen molar-refractivity contribution in [3.05, 3.63) is 54.6 Å². The predicted molar refractivity (Wildman–Crippen MR) is 87.8 cm³/mol. The number of benzene rings is 2. The number of anilines is 1. The first-order chi connectivity index (χ1) is 10.9. The maximum atomic E-state index is 12.7. The normalized spacial score (nSPS) is 11.0. The third kappa shape index (κ3) is 4.01. The number of rotatable bonds is 7. The van der Waals surface area contributed by atoms with Gasteiger partial charge in [-0.2, -0.15) is 0 Å². The Kier molecular flexibility index (Phi) is 5.23. The highest BCUT2D eigenvalue weighted by molar-refractivity contribution is 7.92. The van der Waals surface area contributed by atoms with Gasteiger partial charge in [0, 0.05) is 6.54 Å². The Morgan fingerprint density at radius 3 is 2.22 bits per heavy atom. The molecule has 7 heteroatoms. The lowest BCUT2D eigenvalue weighted by Gasteiger charge is -2.23. The highest BCUT2D eigenvalue weighted by Crippen LogP contribution is 2.25. The predicted octanol–water partition coefficient (Wildman–Crippen LogP) is 1.77. The van der Waals surface area contributed by atoms with Gasteiger partial charge in [-0.1, -0.05) is 18.2 Å². The van der Waals surface area contributed by atoms with Gasteiger partial charge in [0.1, 0.15) is 5.75 Å². The summed E-state index contributed by atoms with van der Waals surface area (Å²) >= 11 is 0. The van der Waals surface area contributed by atoms with Crippen molar-refractivity contribution >= 4 is 21.6 Å². The van der Waals surface area contributed by atoms with Crippen LogP contribution in [-0.2, 0) is 14.8 Å². The van der Waals surface area contributed by atoms with Crippen molar-refractivity contribution in [2.45, 2.75) is 11.8 Å². The van der Waals surface area contributed by atoms with E-state index in [9.17, 15) is 13.2 Å². The minimum atomic E-state index is -3.62. The van der Waals surface area contributed by atoms with Crippen LogP contribution in [0.4, 0.5) is 5.69 Å². The van der Waals surface area contributed by atoms with Crippen LogP contribution in [0.5, 0.6) is 5.75 Å². The van der Waals surface area contributed by atoms with Crippen LogP contribution < -0.4 is 14.8 Å². The summed E-state index contributed by atoms with van der Waals surface area (Å²) in [4.78, 5) is 10.9. The lowest BCUT2D eigenvalue weighted by atomic mass is 10.3. The number of hydrogen-bond donors (Lipinski definition) is 1. The van der Waals surface area contributed by atoms with Gasteiger partial charge in [-0.15, -0.1) is 0 Å². The lowest BCUT2D eigenvalue weighted by molar-refractivity contribution is -0.119. The van der Waals surface area contributed by atoms with E-state index in [1.807, 2.05) is 0 Å². The number of carbonyl (C=O) groups is 1. The monoisotopic (exact) mass is 334 g/mol. The van der Waals surface area contributed by atoms with E-state index in [0.29, 0.717) is 18.0 Å². The maximum Gasteiger partial charge on any atom is 0.264 e. The Labute approximate surface area is 135 Å². The molecule has 2 aromatic carbocycles. The van der Waals surface area contributed by atoms with E-state index in [2.05, 4.69) is 0 Å². The number of hydrogen-bond acceptors (Lipinski definition) is 4. The Bertz CT molecular complexity index is 758. The van der Waals surface area contributed by atoms with E-state index in [0.717, 1.165) is 0 Å². The van der Waals surface area contributed by atoms with Crippen molar-refractivity contribution in [3.8, 4) is 5.75 Å². The van der Waals surface area contributed by atoms with Crippen LogP contribution in [0.3, 0.4) is 0 Å². The molecule has 0 aliphatic carbocycles. The number of sulfonamides is 1. The van der Waals surface area contributed by atoms with Crippen molar-refractivity contribution in [2.75, 3.05) is 17.5 Å². The van der Waals surface area contributed by atoms with E-state index in [1.54, 1.807) is 61.5 Å². The summed E-state index contributed by atoms with van der Waals surface area (Å²) in [6, 6.07) is 14.7. The van der Waals surface area contributed by atoms with Crippen LogP contribution in [0.2, 0.25) is 0 Å². The largest absolute Gasteiger partial charge is 0.484 e. The fraction of sp³-hybridized carbons (Fsp3) is 0.188. The molecule has 0 aliphatic rings. The zero-order valence-corrected chi connectivity index (χ0v) is 13.5. The fourth-order valence-electron chi connectivity index (χ4n) is 2.07. The quantitative estimate of drug-likeness (QED) is 0.835. The molecular formula is C16H18N2O4S. The van der Waals surface area contributed by atoms with E-state index in [1.165, 1.54) is 4.31 Å². The zero-order valence-electron chi connectivity index (χ0n) is 12.7. The van der Waals surface area contributed by atoms with Crippen LogP contribution in [0.1, 0.15) is 6.92 Å². The number of carbonyl (C=O) groups excluding carboxylic acids is 1. The second-order valence-electron chi connectivity index (χ2n) is 4.73. The summed E-state index contributed by atoms with van der Waals surface area (Å²) in [5, 5.41) is 0. The van der Waals surface area contributed by atoms with Crippen LogP contribution >= 0.6 is 0 Å². The fourth-order valence-corrected chi connectivity index (χ4v) is 3.57. The molecule has 0 heterocycles. The van der Waals surface area contributed by atoms with Crippen LogP contribution in [0.15, 0.2) is 59.5 Å². The second-order valence-corrected chi connectivity index (χ2v) is 6.59. The van der Waals surface area contributed by atoms with Gasteiger partial charge in [0.05, 0.1) is 10.6 Å². The Morgan fingerprint density at radius 2 is 1.70 bits per heavy atom. The molecule has 2 rings (SSSR count). The highest BCUT2D eigenvalue weighted by Gasteiger charge is 2.23. The van der Waals surface area contributed by atoms with Gasteiger partial charge in [0.2, 0.25) is 0 Å². The molecular weight excluding hydrogens is 316 g/mol. The van der Waals surface area contributed by atoms with Gasteiger partial charge in [-0.3, -0.25) is 9.10 Å². The lowest BCUT2D eigenvalue weighted by Crippen LogP contribution is -2.30. The van der Waals surface area contributed by atoms with Crippen molar-refractivity contribution in [1.29, 1.82) is 0 Å². The summed E-state index contributed by atoms with van der Waals surface area (Å²) in [7, 11) is -3.62. The van der Waals surface area contributed by atoms with Crippen molar-refractivity contribution < 1.29 is 17.9 Å². The average Bonchev–Trinajstić information content (AvgIpc) is 2.55. The molecule has 0 saturated carbocycles. The summed E-state index contributed by atoms with van der Waals surface area (Å²) in [5.41, 5.74) is 5.53. The summed E-state index contributed by atoms with van der Waals surface area (Å²) < 4.78 is 31.9. The van der Waals surface area contributed by atoms with E-state index >= 15 is 0 Å². The zero-order chi connectivity index (χ0) is 16.9. The molecule has 122 valence electrons. The first-order valence-electron chi connectivity index (χ1n) is 7.04. The van der Waals surface area contributed by atoms with Gasteiger partial charge in [-0.05, 0) is 43.3 Å². The number of amides is 1. The standard InChI is InChI=1S/C16H18N2O4S/c1-2-18(23(20,21)15-6-4-3-5-7-15)13-8-10-14(11-9-13)22-12-16(17)19/h3-11H,2,12H2,1H3,(H2,17,19). The molecule has 2 aromatic rings. The van der Waals surface area contributed by atoms with Crippen molar-refractivity contribution in [1.82, 2.24) is 0 Å². The molecule has 0 unspecified atom stereocenters. The summed E-state index contributed by atoms with van der Waals surface area (Å²) in [6.45, 7) is 1.83. The van der Waals surface area contributed by atoms with Crippen LogP contribution in [0, 0.1) is 0 Å². The van der Waals surface area contributed by atoms with Crippen molar-refractivity contribution in [2.24, 2.45) is 5.73 Å². The van der Waals surface area contributed by atoms with Crippen LogP contribution in [-0.4, -0.2) is 27.5 Å². The number of ether oxygens (including phenoxy) is 1. The highest BCUT2D eigenvalue weighted by atomic mass is 32.2. The number of primary amides is 1. The molecule has 0 spiro atoms. The minimum absolute atomic E-state index is 0.223. The minimum Gasteiger partial charge on any atom is -0.484 e. The molecule has 0 fully saturated rings. The molecule has 0 aromatic heterocycles. The topological polar surface area (TPSA) is 89.7 Å². The molecule has 0 radical (unpaired) electrons. The van der Waals surface area contributed by atoms with Gasteiger partial charge in [0.25, 0.3) is 15.9 Å². The van der Waals surface area contributed by atoms with Gasteiger partial charge < -0.3 is 10.5 Å². The Balaban J connectivity index is 2.26. The van der Waals surface area contributed by atoms with Gasteiger partial charge in [-0.25, -0.2) is 8.42 Å². The molecule has 0 bridgehead atoms. The Morgan fingerprint density at radius 1 is 1.09 bits per heavy atom. The third-order valence-corrected chi connectivity index (χ3v) is 5.04. The van der Waals surface area contributed by atoms with Gasteiger partial charge in [0.15, 0.2) is 6.61 Å². The molecule has 1 amide bonds. The summed E-state index contributed by atoms with van der Waals surface area (Å²) in [5.74, 6) is -0.128. The molecule has 0 saturated heterocycles. The third-order valence-electron chi connectivity index (χ3n) is 3.12. The molecule has 2 N–H and O–H groups in total. The van der Waals surface area contributed by atoms with E-state index in [-0.39, 0.29) is 11.5 Å². The maximum absolute atomic E-state index is 12.7. The first-order valence-corrected chi connectivity index (χ1v) is 8.48. The SMILES string of the molecule is CCN(c1ccc(OCC(N)=O)cc1)S(=O)(=O)c1ccccc1. The number of nitrogens with two attached hydrogens (primary N) is 1. The molecule has 23 heavy (non-hydrogen) atoms. The van der Waals surface area contributed by atoms with Crippen LogP contribution in [0.25, 0.3) is 0 Å². The molecule has 0 aliphatic heterocycles. The number of nitrogens with zero attached hydrogens (tertiary/aromatic N) is 1. The second kappa shape index (κ2) is 7.15. The van der Waals surface area contributed by atoms with Crippen molar-refractivity contribution in [3.63, 3.8) is 0 Å². The summed E-state index contributed by atoms with van der Waals surface area (Å²) in [6.07, 6.45) is 0. The first kappa shape index (κ1) is 16.8. The molecule has 6 nitrogen and oxygen atoms in total. The van der Waals surface area contributed by atoms with Gasteiger partial charge >= 0.3 is 0 Å².